The van der Waals surface area contributed by atoms with Crippen molar-refractivity contribution in [1.29, 1.82) is 0 Å². The van der Waals surface area contributed by atoms with E-state index in [4.69, 9.17) is 0 Å². The summed E-state index contributed by atoms with van der Waals surface area (Å²) in [5.41, 5.74) is 3.21. The Morgan fingerprint density at radius 3 is 3.17 bits per heavy atom. The second-order valence-electron chi connectivity index (χ2n) is 4.84. The lowest BCUT2D eigenvalue weighted by molar-refractivity contribution is 0.321. The van der Waals surface area contributed by atoms with Crippen LogP contribution in [-0.4, -0.2) is 0 Å². The van der Waals surface area contributed by atoms with Gasteiger partial charge in [-0.05, 0) is 49.9 Å². The standard InChI is InChI=1S/C12H16/c1-7-3-4-10-9-5-8(2)11(6-9)12(7)10/h3,9-12H,2,4-6H2,1H3. The molecule has 2 bridgehead atoms. The molecule has 0 N–H and O–H groups in total. The lowest BCUT2D eigenvalue weighted by Gasteiger charge is -2.27. The summed E-state index contributed by atoms with van der Waals surface area (Å²) >= 11 is 0. The van der Waals surface area contributed by atoms with Gasteiger partial charge in [0, 0.05) is 0 Å². The normalized spacial score (nSPS) is 49.8. The Morgan fingerprint density at radius 1 is 1.50 bits per heavy atom. The van der Waals surface area contributed by atoms with E-state index in [0.29, 0.717) is 0 Å². The first-order valence-corrected chi connectivity index (χ1v) is 5.11. The molecular weight excluding hydrogens is 144 g/mol. The van der Waals surface area contributed by atoms with Crippen LogP contribution in [0.1, 0.15) is 26.2 Å². The fourth-order valence-electron chi connectivity index (χ4n) is 3.83. The van der Waals surface area contributed by atoms with Crippen molar-refractivity contribution in [2.45, 2.75) is 26.2 Å². The molecule has 4 atom stereocenters. The van der Waals surface area contributed by atoms with Crippen molar-refractivity contribution in [2.24, 2.45) is 23.7 Å². The summed E-state index contributed by atoms with van der Waals surface area (Å²) < 4.78 is 0. The Hall–Kier alpha value is -0.520. The number of rotatable bonds is 0. The third-order valence-electron chi connectivity index (χ3n) is 4.34. The molecule has 0 saturated heterocycles. The van der Waals surface area contributed by atoms with Crippen molar-refractivity contribution in [2.75, 3.05) is 0 Å². The molecule has 0 aromatic carbocycles. The summed E-state index contributed by atoms with van der Waals surface area (Å²) in [6, 6.07) is 0. The number of allylic oxidation sites excluding steroid dienone is 3. The van der Waals surface area contributed by atoms with Gasteiger partial charge in [-0.3, -0.25) is 0 Å². The van der Waals surface area contributed by atoms with Gasteiger partial charge in [0.25, 0.3) is 0 Å². The summed E-state index contributed by atoms with van der Waals surface area (Å²) in [5.74, 6) is 3.80. The van der Waals surface area contributed by atoms with Gasteiger partial charge >= 0.3 is 0 Å². The van der Waals surface area contributed by atoms with Crippen LogP contribution in [0.4, 0.5) is 0 Å². The van der Waals surface area contributed by atoms with Crippen LogP contribution < -0.4 is 0 Å². The zero-order valence-electron chi connectivity index (χ0n) is 7.72. The van der Waals surface area contributed by atoms with Gasteiger partial charge in [0.2, 0.25) is 0 Å². The molecule has 0 aromatic rings. The predicted octanol–water partition coefficient (Wildman–Crippen LogP) is 3.16. The Kier molecular flexibility index (Phi) is 1.18. The fourth-order valence-corrected chi connectivity index (χ4v) is 3.83. The molecule has 4 unspecified atom stereocenters. The molecule has 0 spiro atoms. The molecule has 0 aliphatic heterocycles. The van der Waals surface area contributed by atoms with Crippen molar-refractivity contribution < 1.29 is 0 Å². The van der Waals surface area contributed by atoms with Gasteiger partial charge in [-0.25, -0.2) is 0 Å². The Bertz CT molecular complexity index is 272. The minimum atomic E-state index is 0.874. The van der Waals surface area contributed by atoms with E-state index in [1.54, 1.807) is 11.1 Å². The van der Waals surface area contributed by atoms with Crippen LogP contribution in [0, 0.1) is 23.7 Å². The van der Waals surface area contributed by atoms with Gasteiger partial charge < -0.3 is 0 Å². The van der Waals surface area contributed by atoms with E-state index in [-0.39, 0.29) is 0 Å². The fraction of sp³-hybridized carbons (Fsp3) is 0.667. The summed E-state index contributed by atoms with van der Waals surface area (Å²) in [5, 5.41) is 0. The minimum absolute atomic E-state index is 0.874. The minimum Gasteiger partial charge on any atom is -0.0995 e. The monoisotopic (exact) mass is 160 g/mol. The van der Waals surface area contributed by atoms with Crippen LogP contribution in [0.5, 0.6) is 0 Å². The summed E-state index contributed by atoms with van der Waals surface area (Å²) in [6.07, 6.45) is 6.63. The van der Waals surface area contributed by atoms with Gasteiger partial charge in [0.15, 0.2) is 0 Å². The quantitative estimate of drug-likeness (QED) is 0.477. The molecule has 0 heterocycles. The molecule has 0 radical (unpaired) electrons. The van der Waals surface area contributed by atoms with Crippen LogP contribution in [-0.2, 0) is 0 Å². The predicted molar refractivity (Wildman–Crippen MR) is 50.7 cm³/mol. The van der Waals surface area contributed by atoms with Gasteiger partial charge in [0.1, 0.15) is 0 Å². The average Bonchev–Trinajstić information content (AvgIpc) is 2.62. The van der Waals surface area contributed by atoms with E-state index >= 15 is 0 Å². The maximum absolute atomic E-state index is 4.20. The third kappa shape index (κ3) is 0.646. The van der Waals surface area contributed by atoms with E-state index in [1.165, 1.54) is 19.3 Å². The molecule has 0 aromatic heterocycles. The molecule has 3 aliphatic rings. The third-order valence-corrected chi connectivity index (χ3v) is 4.34. The molecule has 12 heavy (non-hydrogen) atoms. The van der Waals surface area contributed by atoms with E-state index in [1.807, 2.05) is 0 Å². The molecule has 3 rings (SSSR count). The first kappa shape index (κ1) is 6.94. The van der Waals surface area contributed by atoms with Crippen LogP contribution in [0.3, 0.4) is 0 Å². The number of fused-ring (bicyclic) bond motifs is 5. The molecule has 3 aliphatic carbocycles. The van der Waals surface area contributed by atoms with Crippen molar-refractivity contribution in [3.63, 3.8) is 0 Å². The maximum atomic E-state index is 4.20. The molecule has 2 fully saturated rings. The van der Waals surface area contributed by atoms with Crippen molar-refractivity contribution >= 4 is 0 Å². The van der Waals surface area contributed by atoms with Gasteiger partial charge in [-0.15, -0.1) is 0 Å². The Labute approximate surface area is 74.4 Å². The van der Waals surface area contributed by atoms with Gasteiger partial charge in [-0.1, -0.05) is 23.8 Å². The summed E-state index contributed by atoms with van der Waals surface area (Å²) in [6.45, 7) is 6.52. The van der Waals surface area contributed by atoms with Crippen LogP contribution in [0.25, 0.3) is 0 Å². The zero-order valence-corrected chi connectivity index (χ0v) is 7.72. The number of hydrogen-bond donors (Lipinski definition) is 0. The lowest BCUT2D eigenvalue weighted by atomic mass is 9.77. The number of hydrogen-bond acceptors (Lipinski definition) is 0. The van der Waals surface area contributed by atoms with Crippen molar-refractivity contribution in [3.8, 4) is 0 Å². The second-order valence-corrected chi connectivity index (χ2v) is 4.84. The Morgan fingerprint density at radius 2 is 2.33 bits per heavy atom. The van der Waals surface area contributed by atoms with Crippen LogP contribution >= 0.6 is 0 Å². The SMILES string of the molecule is C=C1CC2CC1C1C(C)=CCC21. The molecule has 0 heteroatoms. The first-order chi connectivity index (χ1) is 5.77. The molecule has 64 valence electrons. The van der Waals surface area contributed by atoms with Crippen LogP contribution in [0.15, 0.2) is 23.8 Å². The van der Waals surface area contributed by atoms with Gasteiger partial charge in [-0.2, -0.15) is 0 Å². The molecule has 0 nitrogen and oxygen atoms in total. The smallest absolute Gasteiger partial charge is 0.0106 e. The highest BCUT2D eigenvalue weighted by atomic mass is 14.5. The average molecular weight is 160 g/mol. The zero-order chi connectivity index (χ0) is 8.29. The topological polar surface area (TPSA) is 0 Å². The summed E-state index contributed by atoms with van der Waals surface area (Å²) in [4.78, 5) is 0. The molecular formula is C12H16. The summed E-state index contributed by atoms with van der Waals surface area (Å²) in [7, 11) is 0. The Balaban J connectivity index is 2.00. The highest BCUT2D eigenvalue weighted by molar-refractivity contribution is 5.28. The molecule has 0 amide bonds. The van der Waals surface area contributed by atoms with E-state index < -0.39 is 0 Å². The maximum Gasteiger partial charge on any atom is -0.0106 e. The van der Waals surface area contributed by atoms with E-state index in [0.717, 1.165) is 23.7 Å². The van der Waals surface area contributed by atoms with E-state index in [9.17, 15) is 0 Å². The lowest BCUT2D eigenvalue weighted by Crippen LogP contribution is -2.20. The molecule has 2 saturated carbocycles. The van der Waals surface area contributed by atoms with E-state index in [2.05, 4.69) is 19.6 Å². The highest BCUT2D eigenvalue weighted by Gasteiger charge is 2.50. The first-order valence-electron chi connectivity index (χ1n) is 5.11. The van der Waals surface area contributed by atoms with Crippen molar-refractivity contribution in [1.82, 2.24) is 0 Å². The highest BCUT2D eigenvalue weighted by Crippen LogP contribution is 2.60. The van der Waals surface area contributed by atoms with Crippen LogP contribution in [0.2, 0.25) is 0 Å². The van der Waals surface area contributed by atoms with Gasteiger partial charge in [0.05, 0.1) is 0 Å². The van der Waals surface area contributed by atoms with Crippen molar-refractivity contribution in [3.05, 3.63) is 23.8 Å². The largest absolute Gasteiger partial charge is 0.0995 e. The second kappa shape index (κ2) is 2.04.